The molecule has 0 amide bonds. The molecule has 1 aromatic carbocycles. The van der Waals surface area contributed by atoms with Crippen LogP contribution in [-0.4, -0.2) is 4.98 Å². The molecule has 0 spiro atoms. The second-order valence-electron chi connectivity index (χ2n) is 5.85. The van der Waals surface area contributed by atoms with E-state index in [9.17, 15) is 0 Å². The van der Waals surface area contributed by atoms with Gasteiger partial charge in [0, 0.05) is 17.5 Å². The molecule has 2 aromatic rings. The van der Waals surface area contributed by atoms with Crippen LogP contribution in [0.15, 0.2) is 66.4 Å². The highest BCUT2D eigenvalue weighted by Crippen LogP contribution is 2.36. The van der Waals surface area contributed by atoms with Crippen molar-refractivity contribution in [3.8, 4) is 11.6 Å². The number of benzene rings is 1. The standard InChI is InChI=1S/C19H21N3O/c1-13(15-6-7-15)12-14(2)21-18-4-3-5-19(22-18)23-17-10-8-16(20)9-11-17/h3-5,8-12,15H,2,6-7,20H2,1H3,(H,21,22)/b13-12+. The molecule has 4 heteroatoms. The zero-order chi connectivity index (χ0) is 16.2. The quantitative estimate of drug-likeness (QED) is 0.598. The van der Waals surface area contributed by atoms with E-state index in [1.165, 1.54) is 18.4 Å². The zero-order valence-corrected chi connectivity index (χ0v) is 13.3. The molecule has 4 nitrogen and oxygen atoms in total. The minimum Gasteiger partial charge on any atom is -0.439 e. The van der Waals surface area contributed by atoms with E-state index in [1.54, 1.807) is 12.1 Å². The molecule has 1 aliphatic carbocycles. The van der Waals surface area contributed by atoms with Crippen molar-refractivity contribution in [1.82, 2.24) is 4.98 Å². The van der Waals surface area contributed by atoms with Gasteiger partial charge >= 0.3 is 0 Å². The first kappa shape index (κ1) is 15.2. The molecule has 0 radical (unpaired) electrons. The summed E-state index contributed by atoms with van der Waals surface area (Å²) in [6.45, 7) is 6.19. The van der Waals surface area contributed by atoms with Gasteiger partial charge in [-0.25, -0.2) is 0 Å². The first-order valence-electron chi connectivity index (χ1n) is 7.75. The molecule has 0 unspecified atom stereocenters. The molecule has 3 rings (SSSR count). The van der Waals surface area contributed by atoms with E-state index in [0.717, 1.165) is 11.6 Å². The summed E-state index contributed by atoms with van der Waals surface area (Å²) in [6, 6.07) is 12.8. The molecule has 118 valence electrons. The van der Waals surface area contributed by atoms with Crippen molar-refractivity contribution in [2.45, 2.75) is 19.8 Å². The number of nitrogens with two attached hydrogens (primary N) is 1. The van der Waals surface area contributed by atoms with E-state index in [-0.39, 0.29) is 0 Å². The molecule has 1 heterocycles. The first-order chi connectivity index (χ1) is 11.1. The average molecular weight is 307 g/mol. The Morgan fingerprint density at radius 1 is 1.26 bits per heavy atom. The van der Waals surface area contributed by atoms with Crippen LogP contribution in [0.4, 0.5) is 11.5 Å². The predicted molar refractivity (Wildman–Crippen MR) is 94.4 cm³/mol. The Kier molecular flexibility index (Phi) is 4.33. The molecule has 0 bridgehead atoms. The molecular formula is C19H21N3O. The van der Waals surface area contributed by atoms with E-state index >= 15 is 0 Å². The van der Waals surface area contributed by atoms with Crippen LogP contribution in [0.3, 0.4) is 0 Å². The highest BCUT2D eigenvalue weighted by Gasteiger charge is 2.22. The normalized spacial score (nSPS) is 14.4. The van der Waals surface area contributed by atoms with E-state index in [4.69, 9.17) is 10.5 Å². The summed E-state index contributed by atoms with van der Waals surface area (Å²) in [5, 5.41) is 3.21. The van der Waals surface area contributed by atoms with Crippen LogP contribution in [-0.2, 0) is 0 Å². The fourth-order valence-electron chi connectivity index (χ4n) is 2.33. The van der Waals surface area contributed by atoms with Gasteiger partial charge in [-0.05, 0) is 62.1 Å². The molecule has 1 aromatic heterocycles. The van der Waals surface area contributed by atoms with Crippen LogP contribution in [0.5, 0.6) is 11.6 Å². The van der Waals surface area contributed by atoms with E-state index in [0.29, 0.717) is 23.1 Å². The number of pyridine rings is 1. The monoisotopic (exact) mass is 307 g/mol. The average Bonchev–Trinajstić information content (AvgIpc) is 3.34. The number of ether oxygens (including phenoxy) is 1. The third-order valence-electron chi connectivity index (χ3n) is 3.74. The highest BCUT2D eigenvalue weighted by molar-refractivity contribution is 5.47. The number of aromatic nitrogens is 1. The Morgan fingerprint density at radius 2 is 2.00 bits per heavy atom. The highest BCUT2D eigenvalue weighted by atomic mass is 16.5. The van der Waals surface area contributed by atoms with E-state index < -0.39 is 0 Å². The van der Waals surface area contributed by atoms with Gasteiger partial charge in [0.05, 0.1) is 0 Å². The zero-order valence-electron chi connectivity index (χ0n) is 13.3. The molecule has 23 heavy (non-hydrogen) atoms. The van der Waals surface area contributed by atoms with Crippen LogP contribution in [0, 0.1) is 5.92 Å². The smallest absolute Gasteiger partial charge is 0.221 e. The SMILES string of the molecule is C=C(/C=C(\C)C1CC1)Nc1cccc(Oc2ccc(N)cc2)n1. The van der Waals surface area contributed by atoms with Gasteiger partial charge < -0.3 is 15.8 Å². The van der Waals surface area contributed by atoms with Crippen molar-refractivity contribution in [2.24, 2.45) is 5.92 Å². The first-order valence-corrected chi connectivity index (χ1v) is 7.75. The minimum atomic E-state index is 0.524. The summed E-state index contributed by atoms with van der Waals surface area (Å²) in [6.07, 6.45) is 4.67. The van der Waals surface area contributed by atoms with Crippen molar-refractivity contribution in [3.63, 3.8) is 0 Å². The number of rotatable bonds is 6. The van der Waals surface area contributed by atoms with Crippen molar-refractivity contribution >= 4 is 11.5 Å². The molecule has 1 saturated carbocycles. The lowest BCUT2D eigenvalue weighted by Gasteiger charge is -2.09. The molecule has 0 aliphatic heterocycles. The number of nitrogens with zero attached hydrogens (tertiary/aromatic N) is 1. The maximum Gasteiger partial charge on any atom is 0.221 e. The summed E-state index contributed by atoms with van der Waals surface area (Å²) in [5.74, 6) is 2.67. The Bertz CT molecular complexity index is 731. The van der Waals surface area contributed by atoms with Crippen LogP contribution in [0.25, 0.3) is 0 Å². The lowest BCUT2D eigenvalue weighted by molar-refractivity contribution is 0.464. The Balaban J connectivity index is 1.66. The summed E-state index contributed by atoms with van der Waals surface area (Å²) < 4.78 is 5.73. The van der Waals surface area contributed by atoms with Gasteiger partial charge in [-0.1, -0.05) is 18.2 Å². The number of hydrogen-bond donors (Lipinski definition) is 2. The summed E-state index contributed by atoms with van der Waals surface area (Å²) in [4.78, 5) is 4.44. The van der Waals surface area contributed by atoms with Gasteiger partial charge in [-0.2, -0.15) is 4.98 Å². The van der Waals surface area contributed by atoms with Crippen molar-refractivity contribution < 1.29 is 4.74 Å². The van der Waals surface area contributed by atoms with Gasteiger partial charge in [0.2, 0.25) is 5.88 Å². The van der Waals surface area contributed by atoms with Crippen LogP contribution in [0.2, 0.25) is 0 Å². The van der Waals surface area contributed by atoms with Gasteiger partial charge in [-0.15, -0.1) is 0 Å². The van der Waals surface area contributed by atoms with Gasteiger partial charge in [0.25, 0.3) is 0 Å². The van der Waals surface area contributed by atoms with Gasteiger partial charge in [0.15, 0.2) is 0 Å². The van der Waals surface area contributed by atoms with Gasteiger partial charge in [0.1, 0.15) is 11.6 Å². The molecular weight excluding hydrogens is 286 g/mol. The second kappa shape index (κ2) is 6.57. The molecule has 1 aliphatic rings. The molecule has 3 N–H and O–H groups in total. The summed E-state index contributed by atoms with van der Waals surface area (Å²) in [5.41, 5.74) is 8.58. The lowest BCUT2D eigenvalue weighted by atomic mass is 10.1. The van der Waals surface area contributed by atoms with Gasteiger partial charge in [-0.3, -0.25) is 0 Å². The third-order valence-corrected chi connectivity index (χ3v) is 3.74. The van der Waals surface area contributed by atoms with Crippen molar-refractivity contribution in [1.29, 1.82) is 0 Å². The largest absolute Gasteiger partial charge is 0.439 e. The Labute approximate surface area is 136 Å². The van der Waals surface area contributed by atoms with Crippen LogP contribution >= 0.6 is 0 Å². The fraction of sp³-hybridized carbons (Fsp3) is 0.211. The maximum absolute atomic E-state index is 5.73. The summed E-state index contributed by atoms with van der Waals surface area (Å²) >= 11 is 0. The number of allylic oxidation sites excluding steroid dienone is 2. The van der Waals surface area contributed by atoms with Crippen molar-refractivity contribution in [3.05, 3.63) is 66.4 Å². The number of hydrogen-bond acceptors (Lipinski definition) is 4. The van der Waals surface area contributed by atoms with Crippen LogP contribution < -0.4 is 15.8 Å². The molecule has 0 atom stereocenters. The van der Waals surface area contributed by atoms with Crippen LogP contribution in [0.1, 0.15) is 19.8 Å². The lowest BCUT2D eigenvalue weighted by Crippen LogP contribution is -1.99. The molecule has 0 saturated heterocycles. The number of nitrogen functional groups attached to an aromatic ring is 1. The summed E-state index contributed by atoms with van der Waals surface area (Å²) in [7, 11) is 0. The second-order valence-corrected chi connectivity index (χ2v) is 5.85. The molecule has 1 fully saturated rings. The number of nitrogens with one attached hydrogen (secondary N) is 1. The van der Waals surface area contributed by atoms with E-state index in [2.05, 4.69) is 29.9 Å². The Hall–Kier alpha value is -2.75. The predicted octanol–water partition coefficient (Wildman–Crippen LogP) is 4.74. The minimum absolute atomic E-state index is 0.524. The topological polar surface area (TPSA) is 60.2 Å². The maximum atomic E-state index is 5.73. The fourth-order valence-corrected chi connectivity index (χ4v) is 2.33. The Morgan fingerprint density at radius 3 is 2.70 bits per heavy atom. The third kappa shape index (κ3) is 4.36. The van der Waals surface area contributed by atoms with Crippen molar-refractivity contribution in [2.75, 3.05) is 11.1 Å². The van der Waals surface area contributed by atoms with E-state index in [1.807, 2.05) is 30.3 Å². The number of anilines is 2.